The molecule has 1 amide bonds. The molecule has 2 rings (SSSR count). The van der Waals surface area contributed by atoms with Crippen molar-refractivity contribution >= 4 is 28.3 Å². The van der Waals surface area contributed by atoms with Crippen LogP contribution in [0.1, 0.15) is 19.8 Å². The molecule has 0 aromatic heterocycles. The molecule has 0 atom stereocenters. The van der Waals surface area contributed by atoms with Crippen molar-refractivity contribution in [2.75, 3.05) is 13.2 Å². The van der Waals surface area contributed by atoms with Gasteiger partial charge < -0.3 is 10.1 Å². The lowest BCUT2D eigenvalue weighted by Gasteiger charge is -2.10. The summed E-state index contributed by atoms with van der Waals surface area (Å²) < 4.78 is 5.60. The van der Waals surface area contributed by atoms with E-state index in [4.69, 9.17) is 16.3 Å². The predicted molar refractivity (Wildman–Crippen MR) is 82.4 cm³/mol. The Morgan fingerprint density at radius 1 is 1.20 bits per heavy atom. The standard InChI is InChI=1S/C16H18ClNO2/c1-2-3-10-18-16(19)11-20-15-9-8-14(17)12-6-4-5-7-13(12)15/h4-9H,2-3,10-11H2,1H3,(H,18,19). The van der Waals surface area contributed by atoms with Crippen molar-refractivity contribution in [3.05, 3.63) is 41.4 Å². The first kappa shape index (κ1) is 14.7. The van der Waals surface area contributed by atoms with Crippen LogP contribution in [-0.2, 0) is 4.79 Å². The number of fused-ring (bicyclic) bond motifs is 1. The van der Waals surface area contributed by atoms with Gasteiger partial charge in [-0.2, -0.15) is 0 Å². The molecule has 0 spiro atoms. The highest BCUT2D eigenvalue weighted by Gasteiger charge is 2.07. The third kappa shape index (κ3) is 3.64. The van der Waals surface area contributed by atoms with Gasteiger partial charge in [-0.15, -0.1) is 0 Å². The van der Waals surface area contributed by atoms with Crippen molar-refractivity contribution in [2.45, 2.75) is 19.8 Å². The second-order valence-electron chi connectivity index (χ2n) is 4.58. The van der Waals surface area contributed by atoms with Gasteiger partial charge in [-0.3, -0.25) is 4.79 Å². The maximum atomic E-state index is 11.6. The molecule has 4 heteroatoms. The minimum Gasteiger partial charge on any atom is -0.483 e. The normalized spacial score (nSPS) is 10.5. The minimum atomic E-state index is -0.0996. The molecule has 0 heterocycles. The van der Waals surface area contributed by atoms with Crippen LogP contribution in [0.2, 0.25) is 5.02 Å². The van der Waals surface area contributed by atoms with Gasteiger partial charge in [0.05, 0.1) is 0 Å². The number of rotatable bonds is 6. The van der Waals surface area contributed by atoms with Crippen LogP contribution >= 0.6 is 11.6 Å². The molecule has 0 saturated heterocycles. The molecule has 2 aromatic rings. The monoisotopic (exact) mass is 291 g/mol. The van der Waals surface area contributed by atoms with Gasteiger partial charge in [0.2, 0.25) is 0 Å². The second kappa shape index (κ2) is 7.15. The van der Waals surface area contributed by atoms with Gasteiger partial charge in [0.25, 0.3) is 5.91 Å². The van der Waals surface area contributed by atoms with E-state index in [9.17, 15) is 4.79 Å². The van der Waals surface area contributed by atoms with Gasteiger partial charge >= 0.3 is 0 Å². The van der Waals surface area contributed by atoms with E-state index in [0.29, 0.717) is 17.3 Å². The molecular formula is C16H18ClNO2. The van der Waals surface area contributed by atoms with Gasteiger partial charge in [-0.05, 0) is 18.6 Å². The summed E-state index contributed by atoms with van der Waals surface area (Å²) in [6.07, 6.45) is 2.04. The number of carbonyl (C=O) groups is 1. The summed E-state index contributed by atoms with van der Waals surface area (Å²) in [7, 11) is 0. The molecule has 0 saturated carbocycles. The van der Waals surface area contributed by atoms with Crippen molar-refractivity contribution in [3.8, 4) is 5.75 Å². The van der Waals surface area contributed by atoms with Crippen LogP contribution in [0.15, 0.2) is 36.4 Å². The number of ether oxygens (including phenoxy) is 1. The van der Waals surface area contributed by atoms with E-state index in [1.807, 2.05) is 24.3 Å². The van der Waals surface area contributed by atoms with E-state index in [-0.39, 0.29) is 12.5 Å². The Kier molecular flexibility index (Phi) is 5.24. The summed E-state index contributed by atoms with van der Waals surface area (Å²) in [5.74, 6) is 0.577. The van der Waals surface area contributed by atoms with Crippen LogP contribution in [-0.4, -0.2) is 19.1 Å². The number of hydrogen-bond donors (Lipinski definition) is 1. The van der Waals surface area contributed by atoms with Crippen LogP contribution in [0.4, 0.5) is 0 Å². The smallest absolute Gasteiger partial charge is 0.257 e. The lowest BCUT2D eigenvalue weighted by Crippen LogP contribution is -2.29. The Morgan fingerprint density at radius 2 is 1.95 bits per heavy atom. The molecule has 0 aliphatic carbocycles. The maximum Gasteiger partial charge on any atom is 0.257 e. The second-order valence-corrected chi connectivity index (χ2v) is 4.99. The molecule has 3 nitrogen and oxygen atoms in total. The van der Waals surface area contributed by atoms with Gasteiger partial charge in [0.15, 0.2) is 6.61 Å². The van der Waals surface area contributed by atoms with Crippen LogP contribution in [0, 0.1) is 0 Å². The number of amides is 1. The first-order valence-corrected chi connectivity index (χ1v) is 7.17. The summed E-state index contributed by atoms with van der Waals surface area (Å²) in [6.45, 7) is 2.80. The van der Waals surface area contributed by atoms with E-state index < -0.39 is 0 Å². The molecular weight excluding hydrogens is 274 g/mol. The van der Waals surface area contributed by atoms with Crippen molar-refractivity contribution < 1.29 is 9.53 Å². The van der Waals surface area contributed by atoms with Crippen LogP contribution in [0.25, 0.3) is 10.8 Å². The van der Waals surface area contributed by atoms with Crippen molar-refractivity contribution in [1.82, 2.24) is 5.32 Å². The number of nitrogens with one attached hydrogen (secondary N) is 1. The number of halogens is 1. The number of unbranched alkanes of at least 4 members (excludes halogenated alkanes) is 1. The first-order chi connectivity index (χ1) is 9.72. The Hall–Kier alpha value is -1.74. The maximum absolute atomic E-state index is 11.6. The molecule has 0 unspecified atom stereocenters. The molecule has 0 fully saturated rings. The lowest BCUT2D eigenvalue weighted by atomic mass is 10.1. The first-order valence-electron chi connectivity index (χ1n) is 6.79. The van der Waals surface area contributed by atoms with Crippen LogP contribution in [0.5, 0.6) is 5.75 Å². The van der Waals surface area contributed by atoms with E-state index >= 15 is 0 Å². The summed E-state index contributed by atoms with van der Waals surface area (Å²) in [6, 6.07) is 11.3. The van der Waals surface area contributed by atoms with Crippen molar-refractivity contribution in [3.63, 3.8) is 0 Å². The largest absolute Gasteiger partial charge is 0.483 e. The number of benzene rings is 2. The highest BCUT2D eigenvalue weighted by molar-refractivity contribution is 6.35. The number of hydrogen-bond acceptors (Lipinski definition) is 2. The minimum absolute atomic E-state index is 0.0232. The Labute approximate surface area is 123 Å². The fourth-order valence-electron chi connectivity index (χ4n) is 1.96. The lowest BCUT2D eigenvalue weighted by molar-refractivity contribution is -0.123. The van der Waals surface area contributed by atoms with Crippen molar-refractivity contribution in [1.29, 1.82) is 0 Å². The summed E-state index contributed by atoms with van der Waals surface area (Å²) in [5.41, 5.74) is 0. The third-order valence-corrected chi connectivity index (χ3v) is 3.37. The van der Waals surface area contributed by atoms with E-state index in [0.717, 1.165) is 23.6 Å². The fraction of sp³-hybridized carbons (Fsp3) is 0.312. The summed E-state index contributed by atoms with van der Waals surface area (Å²) >= 11 is 6.14. The third-order valence-electron chi connectivity index (χ3n) is 3.04. The molecule has 0 aliphatic rings. The van der Waals surface area contributed by atoms with Gasteiger partial charge in [0, 0.05) is 22.3 Å². The zero-order chi connectivity index (χ0) is 14.4. The summed E-state index contributed by atoms with van der Waals surface area (Å²) in [5, 5.41) is 5.35. The SMILES string of the molecule is CCCCNC(=O)COc1ccc(Cl)c2ccccc12. The zero-order valence-electron chi connectivity index (χ0n) is 11.5. The molecule has 2 aromatic carbocycles. The van der Waals surface area contributed by atoms with Gasteiger partial charge in [0.1, 0.15) is 5.75 Å². The molecule has 0 aliphatic heterocycles. The van der Waals surface area contributed by atoms with E-state index in [1.165, 1.54) is 0 Å². The average Bonchev–Trinajstić information content (AvgIpc) is 2.47. The van der Waals surface area contributed by atoms with Crippen LogP contribution < -0.4 is 10.1 Å². The molecule has 0 radical (unpaired) electrons. The Morgan fingerprint density at radius 3 is 2.70 bits per heavy atom. The highest BCUT2D eigenvalue weighted by Crippen LogP contribution is 2.31. The van der Waals surface area contributed by atoms with Gasteiger partial charge in [-0.25, -0.2) is 0 Å². The van der Waals surface area contributed by atoms with Crippen LogP contribution in [0.3, 0.4) is 0 Å². The molecule has 1 N–H and O–H groups in total. The molecule has 106 valence electrons. The Balaban J connectivity index is 2.03. The highest BCUT2D eigenvalue weighted by atomic mass is 35.5. The summed E-state index contributed by atoms with van der Waals surface area (Å²) in [4.78, 5) is 11.6. The number of carbonyl (C=O) groups excluding carboxylic acids is 1. The average molecular weight is 292 g/mol. The van der Waals surface area contributed by atoms with E-state index in [2.05, 4.69) is 12.2 Å². The molecule has 0 bridgehead atoms. The van der Waals surface area contributed by atoms with E-state index in [1.54, 1.807) is 12.1 Å². The topological polar surface area (TPSA) is 38.3 Å². The van der Waals surface area contributed by atoms with Crippen molar-refractivity contribution in [2.24, 2.45) is 0 Å². The quantitative estimate of drug-likeness (QED) is 0.822. The zero-order valence-corrected chi connectivity index (χ0v) is 12.2. The predicted octanol–water partition coefficient (Wildman–Crippen LogP) is 3.79. The van der Waals surface area contributed by atoms with Gasteiger partial charge in [-0.1, -0.05) is 49.2 Å². The Bertz CT molecular complexity index is 598. The molecule has 20 heavy (non-hydrogen) atoms. The fourth-order valence-corrected chi connectivity index (χ4v) is 2.19.